The van der Waals surface area contributed by atoms with Crippen LogP contribution in [0.15, 0.2) is 35.6 Å². The van der Waals surface area contributed by atoms with Crippen LogP contribution in [-0.4, -0.2) is 64.2 Å². The first-order valence-corrected chi connectivity index (χ1v) is 19.2. The zero-order valence-corrected chi connectivity index (χ0v) is 29.3. The van der Waals surface area contributed by atoms with Crippen LogP contribution in [0.5, 0.6) is 0 Å². The van der Waals surface area contributed by atoms with E-state index in [2.05, 4.69) is 29.6 Å². The van der Waals surface area contributed by atoms with Gasteiger partial charge in [-0.1, -0.05) is 49.9 Å². The Balaban J connectivity index is 2.11. The molecule has 3 atom stereocenters. The molecule has 0 aliphatic carbocycles. The van der Waals surface area contributed by atoms with Gasteiger partial charge in [-0.2, -0.15) is 4.39 Å². The summed E-state index contributed by atoms with van der Waals surface area (Å²) in [6, 6.07) is 5.25. The van der Waals surface area contributed by atoms with Crippen LogP contribution in [0.25, 0.3) is 11.9 Å². The van der Waals surface area contributed by atoms with Gasteiger partial charge in [0.05, 0.1) is 21.0 Å². The Morgan fingerprint density at radius 3 is 2.45 bits per heavy atom. The predicted octanol–water partition coefficient (Wildman–Crippen LogP) is 8.20. The maximum absolute atomic E-state index is 15.6. The number of carbonyl (C=O) groups excluding carboxylic acids is 2. The smallest absolute Gasteiger partial charge is 0.418 e. The van der Waals surface area contributed by atoms with Gasteiger partial charge in [-0.05, 0) is 70.5 Å². The van der Waals surface area contributed by atoms with Crippen LogP contribution in [0, 0.1) is 11.9 Å². The highest BCUT2D eigenvalue weighted by molar-refractivity contribution is 8.15. The zero-order chi connectivity index (χ0) is 33.1. The van der Waals surface area contributed by atoms with E-state index in [0.717, 1.165) is 24.1 Å². The summed E-state index contributed by atoms with van der Waals surface area (Å²) >= 11 is 6.96. The zero-order valence-electron chi connectivity index (χ0n) is 26.7. The molecule has 0 spiro atoms. The number of amidine groups is 1. The summed E-state index contributed by atoms with van der Waals surface area (Å²) in [5.74, 6) is -2.08. The van der Waals surface area contributed by atoms with Gasteiger partial charge in [0.15, 0.2) is 5.17 Å². The van der Waals surface area contributed by atoms with E-state index >= 15 is 8.78 Å². The number of aldehydes is 1. The SMILES string of the molecule is CC1[C@@](C)(C=O)SC(N(COCC[Si](C)(C)C)C(=O)OC(C)(C)C)=N[C@]1(C)c1cc(/C=C(/F)c2ccc(Cl)cn2)cnc1F. The third-order valence-electron chi connectivity index (χ3n) is 7.31. The van der Waals surface area contributed by atoms with Gasteiger partial charge in [-0.15, -0.1) is 0 Å². The summed E-state index contributed by atoms with van der Waals surface area (Å²) in [6.45, 7) is 17.3. The molecule has 1 aliphatic heterocycles. The number of aromatic nitrogens is 2. The van der Waals surface area contributed by atoms with Crippen molar-refractivity contribution in [1.29, 1.82) is 0 Å². The molecule has 2 aromatic heterocycles. The molecule has 2 aromatic rings. The van der Waals surface area contributed by atoms with Gasteiger partial charge in [0.1, 0.15) is 24.4 Å². The van der Waals surface area contributed by atoms with Gasteiger partial charge < -0.3 is 14.3 Å². The largest absolute Gasteiger partial charge is 0.443 e. The van der Waals surface area contributed by atoms with Crippen LogP contribution in [0.2, 0.25) is 30.7 Å². The molecule has 0 radical (unpaired) electrons. The fourth-order valence-electron chi connectivity index (χ4n) is 4.37. The van der Waals surface area contributed by atoms with E-state index in [-0.39, 0.29) is 28.7 Å². The number of amides is 1. The van der Waals surface area contributed by atoms with Crippen molar-refractivity contribution in [1.82, 2.24) is 14.9 Å². The van der Waals surface area contributed by atoms with E-state index in [1.807, 2.05) is 0 Å². The topological polar surface area (TPSA) is 94.0 Å². The number of carbonyl (C=O) groups is 2. The molecule has 0 N–H and O–H groups in total. The van der Waals surface area contributed by atoms with Crippen molar-refractivity contribution >= 4 is 60.9 Å². The fourth-order valence-corrected chi connectivity index (χ4v) is 6.56. The molecule has 1 aliphatic rings. The number of ether oxygens (including phenoxy) is 2. The average molecular weight is 667 g/mol. The monoisotopic (exact) mass is 666 g/mol. The molecule has 0 saturated carbocycles. The predicted molar refractivity (Wildman–Crippen MR) is 175 cm³/mol. The average Bonchev–Trinajstić information content (AvgIpc) is 2.91. The minimum atomic E-state index is -1.42. The van der Waals surface area contributed by atoms with Crippen LogP contribution in [0.4, 0.5) is 13.6 Å². The standard InChI is InChI=1S/C31H41ClF2N4O4SSi/c1-20-30(5,18-39)43-27(38(28(40)42-29(2,3)4)19-41-12-13-44(7,8)9)37-31(20,6)23-14-21(16-36-26(23)34)15-24(33)25-11-10-22(32)17-35-25/h10-11,14-18,20H,12-13,19H2,1-9H3/b24-15+/t20?,30-,31+/m1/s1. The number of thioether (sulfide) groups is 1. The maximum atomic E-state index is 15.6. The minimum Gasteiger partial charge on any atom is -0.443 e. The third-order valence-corrected chi connectivity index (χ3v) is 10.6. The highest BCUT2D eigenvalue weighted by atomic mass is 35.5. The van der Waals surface area contributed by atoms with Crippen molar-refractivity contribution in [3.63, 3.8) is 0 Å². The lowest BCUT2D eigenvalue weighted by Gasteiger charge is -2.46. The fraction of sp³-hybridized carbons (Fsp3) is 0.516. The summed E-state index contributed by atoms with van der Waals surface area (Å²) in [4.78, 5) is 40.1. The molecular weight excluding hydrogens is 626 g/mol. The Kier molecular flexibility index (Phi) is 11.2. The number of rotatable bonds is 9. The number of halogens is 3. The van der Waals surface area contributed by atoms with Gasteiger partial charge >= 0.3 is 6.09 Å². The molecule has 44 heavy (non-hydrogen) atoms. The van der Waals surface area contributed by atoms with Crippen molar-refractivity contribution < 1.29 is 27.8 Å². The van der Waals surface area contributed by atoms with E-state index < -0.39 is 47.7 Å². The number of hydrogen-bond acceptors (Lipinski definition) is 8. The van der Waals surface area contributed by atoms with Gasteiger partial charge in [-0.25, -0.2) is 19.1 Å². The molecule has 0 fully saturated rings. The number of nitrogens with zero attached hydrogens (tertiary/aromatic N) is 4. The normalized spacial score (nSPS) is 22.8. The van der Waals surface area contributed by atoms with Crippen molar-refractivity contribution in [2.75, 3.05) is 13.3 Å². The summed E-state index contributed by atoms with van der Waals surface area (Å²) in [7, 11) is -1.42. The quantitative estimate of drug-likeness (QED) is 0.0875. The molecule has 0 aromatic carbocycles. The molecule has 3 rings (SSSR count). The Morgan fingerprint density at radius 2 is 1.89 bits per heavy atom. The highest BCUT2D eigenvalue weighted by Crippen LogP contribution is 2.50. The van der Waals surface area contributed by atoms with Crippen LogP contribution in [0.3, 0.4) is 0 Å². The molecule has 240 valence electrons. The number of aliphatic imine (C=N–C) groups is 1. The minimum absolute atomic E-state index is 0.0327. The second kappa shape index (κ2) is 13.8. The number of hydrogen-bond donors (Lipinski definition) is 0. The van der Waals surface area contributed by atoms with Crippen molar-refractivity contribution in [3.05, 3.63) is 58.4 Å². The first kappa shape index (κ1) is 35.8. The Labute approximate surface area is 268 Å². The molecule has 3 heterocycles. The van der Waals surface area contributed by atoms with Gasteiger partial charge in [0, 0.05) is 38.6 Å². The second-order valence-corrected chi connectivity index (χ2v) is 20.9. The lowest BCUT2D eigenvalue weighted by Crippen LogP contribution is -2.52. The first-order valence-electron chi connectivity index (χ1n) is 14.3. The van der Waals surface area contributed by atoms with E-state index in [9.17, 15) is 9.59 Å². The summed E-state index contributed by atoms with van der Waals surface area (Å²) in [5, 5.41) is 0.498. The summed E-state index contributed by atoms with van der Waals surface area (Å²) in [5.41, 5.74) is -1.89. The molecular formula is C31H41ClF2N4O4SSi. The van der Waals surface area contributed by atoms with Gasteiger partial charge in [-0.3, -0.25) is 9.98 Å². The Morgan fingerprint density at radius 1 is 1.20 bits per heavy atom. The lowest BCUT2D eigenvalue weighted by atomic mass is 9.74. The molecule has 8 nitrogen and oxygen atoms in total. The van der Waals surface area contributed by atoms with Crippen LogP contribution in [0.1, 0.15) is 58.4 Å². The van der Waals surface area contributed by atoms with E-state index in [1.54, 1.807) is 41.5 Å². The summed E-state index contributed by atoms with van der Waals surface area (Å²) < 4.78 is 41.1. The van der Waals surface area contributed by atoms with Crippen LogP contribution < -0.4 is 0 Å². The lowest BCUT2D eigenvalue weighted by molar-refractivity contribution is -0.111. The Bertz CT molecular complexity index is 1430. The third kappa shape index (κ3) is 8.95. The van der Waals surface area contributed by atoms with Crippen molar-refractivity contribution in [2.45, 2.75) is 83.1 Å². The molecule has 13 heteroatoms. The van der Waals surface area contributed by atoms with Crippen molar-refractivity contribution in [3.8, 4) is 0 Å². The summed E-state index contributed by atoms with van der Waals surface area (Å²) in [6.07, 6.45) is 3.76. The van der Waals surface area contributed by atoms with E-state index in [4.69, 9.17) is 26.1 Å². The van der Waals surface area contributed by atoms with Crippen LogP contribution >= 0.6 is 23.4 Å². The molecule has 1 amide bonds. The number of pyridine rings is 2. The molecule has 1 unspecified atom stereocenters. The molecule has 0 bridgehead atoms. The van der Waals surface area contributed by atoms with E-state index in [1.165, 1.54) is 41.6 Å². The van der Waals surface area contributed by atoms with Crippen molar-refractivity contribution in [2.24, 2.45) is 10.9 Å². The highest BCUT2D eigenvalue weighted by Gasteiger charge is 2.52. The van der Waals surface area contributed by atoms with E-state index in [0.29, 0.717) is 11.6 Å². The molecule has 0 saturated heterocycles. The van der Waals surface area contributed by atoms with Gasteiger partial charge in [0.2, 0.25) is 5.95 Å². The van der Waals surface area contributed by atoms with Crippen LogP contribution in [-0.2, 0) is 19.8 Å². The maximum Gasteiger partial charge on any atom is 0.418 e. The second-order valence-electron chi connectivity index (χ2n) is 13.4. The van der Waals surface area contributed by atoms with Gasteiger partial charge in [0.25, 0.3) is 0 Å². The Hall–Kier alpha value is -2.67. The first-order chi connectivity index (χ1) is 20.3.